The molecule has 2 amide bonds. The van der Waals surface area contributed by atoms with Crippen molar-refractivity contribution >= 4 is 17.9 Å². The van der Waals surface area contributed by atoms with E-state index in [-0.39, 0.29) is 12.5 Å². The van der Waals surface area contributed by atoms with Gasteiger partial charge in [-0.05, 0) is 56.4 Å². The van der Waals surface area contributed by atoms with Crippen LogP contribution in [-0.4, -0.2) is 73.2 Å². The van der Waals surface area contributed by atoms with E-state index in [1.54, 1.807) is 18.2 Å². The van der Waals surface area contributed by atoms with Gasteiger partial charge in [0.15, 0.2) is 6.61 Å². The molecule has 2 saturated heterocycles. The number of morpholine rings is 1. The van der Waals surface area contributed by atoms with Crippen molar-refractivity contribution in [1.82, 2.24) is 9.80 Å². The average molecular weight is 416 g/mol. The van der Waals surface area contributed by atoms with Crippen molar-refractivity contribution in [1.29, 1.82) is 0 Å². The van der Waals surface area contributed by atoms with Gasteiger partial charge in [-0.2, -0.15) is 0 Å². The predicted octanol–water partition coefficient (Wildman–Crippen LogP) is 1.91. The standard InChI is InChI=1S/C23H33N3O4/c1-17-13-25(14-18(2)30-17)15-20-9-11-26(12-10-20)23(28)8-5-19-3-6-21(7-4-19)29-16-22(24)27/h3-8,17-18,20H,9-16H2,1-2H3,(H2,24,27)/b8-5+. The normalized spacial score (nSPS) is 23.6. The molecule has 2 unspecified atom stereocenters. The second-order valence-electron chi connectivity index (χ2n) is 8.40. The second-order valence-corrected chi connectivity index (χ2v) is 8.40. The van der Waals surface area contributed by atoms with Gasteiger partial charge in [0.1, 0.15) is 5.75 Å². The van der Waals surface area contributed by atoms with E-state index in [0.29, 0.717) is 23.9 Å². The topological polar surface area (TPSA) is 85.1 Å². The summed E-state index contributed by atoms with van der Waals surface area (Å²) in [6.07, 6.45) is 6.12. The smallest absolute Gasteiger partial charge is 0.255 e. The monoisotopic (exact) mass is 415 g/mol. The molecule has 2 heterocycles. The van der Waals surface area contributed by atoms with Crippen LogP contribution in [0.3, 0.4) is 0 Å². The number of rotatable bonds is 7. The molecule has 1 aromatic rings. The van der Waals surface area contributed by atoms with Crippen LogP contribution in [-0.2, 0) is 14.3 Å². The summed E-state index contributed by atoms with van der Waals surface area (Å²) >= 11 is 0. The summed E-state index contributed by atoms with van der Waals surface area (Å²) in [4.78, 5) is 27.7. The number of hydrogen-bond acceptors (Lipinski definition) is 5. The van der Waals surface area contributed by atoms with E-state index >= 15 is 0 Å². The molecular formula is C23H33N3O4. The molecule has 0 aliphatic carbocycles. The Kier molecular flexibility index (Phi) is 7.87. The molecule has 2 atom stereocenters. The number of carbonyl (C=O) groups excluding carboxylic acids is 2. The Morgan fingerprint density at radius 3 is 2.37 bits per heavy atom. The van der Waals surface area contributed by atoms with Crippen LogP contribution in [0.2, 0.25) is 0 Å². The zero-order valence-electron chi connectivity index (χ0n) is 18.0. The molecule has 0 bridgehead atoms. The number of piperidine rings is 1. The molecule has 3 rings (SSSR count). The zero-order chi connectivity index (χ0) is 21.5. The summed E-state index contributed by atoms with van der Waals surface area (Å²) < 4.78 is 11.1. The molecule has 2 aliphatic heterocycles. The summed E-state index contributed by atoms with van der Waals surface area (Å²) in [7, 11) is 0. The SMILES string of the molecule is CC1CN(CC2CCN(C(=O)/C=C/c3ccc(OCC(N)=O)cc3)CC2)CC(C)O1. The van der Waals surface area contributed by atoms with Crippen LogP contribution in [0.4, 0.5) is 0 Å². The van der Waals surface area contributed by atoms with E-state index in [1.807, 2.05) is 23.1 Å². The average Bonchev–Trinajstić information content (AvgIpc) is 2.71. The lowest BCUT2D eigenvalue weighted by molar-refractivity contribution is -0.127. The van der Waals surface area contributed by atoms with E-state index < -0.39 is 5.91 Å². The van der Waals surface area contributed by atoms with Crippen molar-refractivity contribution in [3.05, 3.63) is 35.9 Å². The number of benzene rings is 1. The van der Waals surface area contributed by atoms with Crippen molar-refractivity contribution in [2.24, 2.45) is 11.7 Å². The number of amides is 2. The third-order valence-corrected chi connectivity index (χ3v) is 5.62. The summed E-state index contributed by atoms with van der Waals surface area (Å²) in [5.74, 6) is 0.755. The van der Waals surface area contributed by atoms with Gasteiger partial charge in [-0.3, -0.25) is 14.5 Å². The van der Waals surface area contributed by atoms with Crippen molar-refractivity contribution in [2.75, 3.05) is 39.3 Å². The maximum atomic E-state index is 12.5. The first-order valence-corrected chi connectivity index (χ1v) is 10.7. The molecular weight excluding hydrogens is 382 g/mol. The minimum Gasteiger partial charge on any atom is -0.484 e. The van der Waals surface area contributed by atoms with Crippen molar-refractivity contribution < 1.29 is 19.1 Å². The lowest BCUT2D eigenvalue weighted by Gasteiger charge is -2.39. The van der Waals surface area contributed by atoms with Crippen LogP contribution in [0.15, 0.2) is 30.3 Å². The Bertz CT molecular complexity index is 731. The van der Waals surface area contributed by atoms with Gasteiger partial charge in [0, 0.05) is 38.8 Å². The molecule has 2 N–H and O–H groups in total. The lowest BCUT2D eigenvalue weighted by Crippen LogP contribution is -2.48. The van der Waals surface area contributed by atoms with E-state index in [2.05, 4.69) is 18.7 Å². The Morgan fingerprint density at radius 2 is 1.77 bits per heavy atom. The van der Waals surface area contributed by atoms with Gasteiger partial charge in [-0.25, -0.2) is 0 Å². The molecule has 0 aromatic heterocycles. The quantitative estimate of drug-likeness (QED) is 0.688. The largest absolute Gasteiger partial charge is 0.484 e. The highest BCUT2D eigenvalue weighted by atomic mass is 16.5. The van der Waals surface area contributed by atoms with Crippen LogP contribution >= 0.6 is 0 Å². The van der Waals surface area contributed by atoms with Gasteiger partial charge in [0.25, 0.3) is 5.91 Å². The molecule has 0 radical (unpaired) electrons. The van der Waals surface area contributed by atoms with Crippen LogP contribution in [0.5, 0.6) is 5.75 Å². The molecule has 164 valence electrons. The number of ether oxygens (including phenoxy) is 2. The number of primary amides is 1. The van der Waals surface area contributed by atoms with Crippen LogP contribution in [0, 0.1) is 5.92 Å². The number of carbonyl (C=O) groups is 2. The molecule has 2 fully saturated rings. The first-order valence-electron chi connectivity index (χ1n) is 10.7. The van der Waals surface area contributed by atoms with E-state index in [0.717, 1.165) is 51.1 Å². The Balaban J connectivity index is 1.42. The van der Waals surface area contributed by atoms with Gasteiger partial charge >= 0.3 is 0 Å². The Labute approximate surface area is 178 Å². The highest BCUT2D eigenvalue weighted by Crippen LogP contribution is 2.21. The zero-order valence-corrected chi connectivity index (χ0v) is 18.0. The summed E-state index contributed by atoms with van der Waals surface area (Å²) in [5.41, 5.74) is 5.97. The van der Waals surface area contributed by atoms with Gasteiger partial charge in [0.2, 0.25) is 5.91 Å². The minimum absolute atomic E-state index is 0.0520. The molecule has 1 aromatic carbocycles. The van der Waals surface area contributed by atoms with E-state index in [9.17, 15) is 9.59 Å². The highest BCUT2D eigenvalue weighted by molar-refractivity contribution is 5.91. The van der Waals surface area contributed by atoms with Gasteiger partial charge in [-0.15, -0.1) is 0 Å². The predicted molar refractivity (Wildman–Crippen MR) is 116 cm³/mol. The fourth-order valence-corrected chi connectivity index (χ4v) is 4.24. The van der Waals surface area contributed by atoms with E-state index in [4.69, 9.17) is 15.2 Å². The first kappa shape index (κ1) is 22.3. The minimum atomic E-state index is -0.512. The van der Waals surface area contributed by atoms with Crippen LogP contribution < -0.4 is 10.5 Å². The summed E-state index contributed by atoms with van der Waals surface area (Å²) in [5, 5.41) is 0. The Morgan fingerprint density at radius 1 is 1.13 bits per heavy atom. The third kappa shape index (κ3) is 6.85. The summed E-state index contributed by atoms with van der Waals surface area (Å²) in [6, 6.07) is 7.20. The van der Waals surface area contributed by atoms with Crippen molar-refractivity contribution in [3.8, 4) is 5.75 Å². The number of nitrogens with two attached hydrogens (primary N) is 1. The highest BCUT2D eigenvalue weighted by Gasteiger charge is 2.27. The molecule has 7 heteroatoms. The van der Waals surface area contributed by atoms with Crippen molar-refractivity contribution in [3.63, 3.8) is 0 Å². The van der Waals surface area contributed by atoms with Crippen LogP contribution in [0.1, 0.15) is 32.3 Å². The van der Waals surface area contributed by atoms with Gasteiger partial charge in [0.05, 0.1) is 12.2 Å². The lowest BCUT2D eigenvalue weighted by atomic mass is 9.95. The Hall–Kier alpha value is -2.38. The number of likely N-dealkylation sites (tertiary alicyclic amines) is 1. The maximum Gasteiger partial charge on any atom is 0.255 e. The molecule has 30 heavy (non-hydrogen) atoms. The fourth-order valence-electron chi connectivity index (χ4n) is 4.24. The maximum absolute atomic E-state index is 12.5. The number of nitrogens with zero attached hydrogens (tertiary/aromatic N) is 2. The molecule has 0 spiro atoms. The molecule has 2 aliphatic rings. The first-order chi connectivity index (χ1) is 14.4. The van der Waals surface area contributed by atoms with Crippen molar-refractivity contribution in [2.45, 2.75) is 38.9 Å². The van der Waals surface area contributed by atoms with Crippen LogP contribution in [0.25, 0.3) is 6.08 Å². The van der Waals surface area contributed by atoms with Gasteiger partial charge in [-0.1, -0.05) is 12.1 Å². The fraction of sp³-hybridized carbons (Fsp3) is 0.565. The number of hydrogen-bond donors (Lipinski definition) is 1. The molecule has 7 nitrogen and oxygen atoms in total. The third-order valence-electron chi connectivity index (χ3n) is 5.62. The van der Waals surface area contributed by atoms with Gasteiger partial charge < -0.3 is 20.1 Å². The molecule has 0 saturated carbocycles. The summed E-state index contributed by atoms with van der Waals surface area (Å²) in [6.45, 7) is 8.84. The second kappa shape index (κ2) is 10.6. The van der Waals surface area contributed by atoms with E-state index in [1.165, 1.54) is 0 Å².